The van der Waals surface area contributed by atoms with Crippen LogP contribution in [0.1, 0.15) is 23.1 Å². The summed E-state index contributed by atoms with van der Waals surface area (Å²) in [4.78, 5) is 4.30. The first-order chi connectivity index (χ1) is 13.7. The van der Waals surface area contributed by atoms with Gasteiger partial charge in [-0.25, -0.2) is 0 Å². The van der Waals surface area contributed by atoms with Gasteiger partial charge in [0.25, 0.3) is 0 Å². The van der Waals surface area contributed by atoms with Gasteiger partial charge in [0, 0.05) is 26.6 Å². The highest BCUT2D eigenvalue weighted by molar-refractivity contribution is 5.79. The van der Waals surface area contributed by atoms with Crippen LogP contribution in [0.25, 0.3) is 0 Å². The zero-order chi connectivity index (χ0) is 19.8. The third kappa shape index (κ3) is 5.31. The van der Waals surface area contributed by atoms with Gasteiger partial charge in [0.05, 0.1) is 20.3 Å². The number of rotatable bonds is 6. The molecule has 0 spiro atoms. The van der Waals surface area contributed by atoms with Crippen LogP contribution in [0.5, 0.6) is 17.2 Å². The van der Waals surface area contributed by atoms with Crippen LogP contribution in [0.3, 0.4) is 0 Å². The van der Waals surface area contributed by atoms with E-state index in [2.05, 4.69) is 34.7 Å². The fraction of sp³-hybridized carbons (Fsp3) is 0.409. The summed E-state index contributed by atoms with van der Waals surface area (Å²) in [5.74, 6) is 3.31. The van der Waals surface area contributed by atoms with E-state index < -0.39 is 0 Å². The third-order valence-electron chi connectivity index (χ3n) is 4.62. The summed E-state index contributed by atoms with van der Waals surface area (Å²) >= 11 is 0. The predicted octanol–water partition coefficient (Wildman–Crippen LogP) is 3.07. The Balaban J connectivity index is 1.51. The Kier molecular flexibility index (Phi) is 7.00. The largest absolute Gasteiger partial charge is 0.496 e. The van der Waals surface area contributed by atoms with E-state index in [1.807, 2.05) is 24.3 Å². The smallest absolute Gasteiger partial charge is 0.191 e. The van der Waals surface area contributed by atoms with Gasteiger partial charge in [-0.1, -0.05) is 23.8 Å². The number of aryl methyl sites for hydroxylation is 1. The Morgan fingerprint density at radius 3 is 2.68 bits per heavy atom. The molecule has 28 heavy (non-hydrogen) atoms. The van der Waals surface area contributed by atoms with Crippen LogP contribution in [-0.4, -0.2) is 39.9 Å². The first kappa shape index (κ1) is 19.9. The van der Waals surface area contributed by atoms with E-state index in [1.165, 1.54) is 11.1 Å². The molecule has 2 N–H and O–H groups in total. The van der Waals surface area contributed by atoms with E-state index >= 15 is 0 Å². The molecule has 2 aromatic carbocycles. The Hall–Kier alpha value is -2.89. The molecule has 0 aromatic heterocycles. The molecule has 2 aromatic rings. The topological polar surface area (TPSA) is 64.1 Å². The van der Waals surface area contributed by atoms with Crippen LogP contribution < -0.4 is 24.8 Å². The van der Waals surface area contributed by atoms with Gasteiger partial charge in [0.1, 0.15) is 5.75 Å². The van der Waals surface area contributed by atoms with Crippen molar-refractivity contribution in [3.8, 4) is 17.2 Å². The quantitative estimate of drug-likeness (QED) is 0.593. The number of benzene rings is 2. The molecule has 0 radical (unpaired) electrons. The van der Waals surface area contributed by atoms with Crippen molar-refractivity contribution in [1.82, 2.24) is 10.6 Å². The van der Waals surface area contributed by atoms with Crippen molar-refractivity contribution in [2.24, 2.45) is 4.99 Å². The number of hydrogen-bond donors (Lipinski definition) is 2. The van der Waals surface area contributed by atoms with Crippen molar-refractivity contribution in [1.29, 1.82) is 0 Å². The lowest BCUT2D eigenvalue weighted by atomic mass is 10.1. The molecular weight excluding hydrogens is 354 g/mol. The first-order valence-corrected chi connectivity index (χ1v) is 9.66. The van der Waals surface area contributed by atoms with Crippen LogP contribution in [0.4, 0.5) is 0 Å². The van der Waals surface area contributed by atoms with Crippen molar-refractivity contribution >= 4 is 5.96 Å². The lowest BCUT2D eigenvalue weighted by Crippen LogP contribution is -2.37. The normalized spacial score (nSPS) is 13.6. The summed E-state index contributed by atoms with van der Waals surface area (Å²) in [5, 5.41) is 6.70. The second-order valence-electron chi connectivity index (χ2n) is 6.75. The highest BCUT2D eigenvalue weighted by Crippen LogP contribution is 2.30. The van der Waals surface area contributed by atoms with Crippen molar-refractivity contribution < 1.29 is 14.2 Å². The fourth-order valence-corrected chi connectivity index (χ4v) is 3.14. The first-order valence-electron chi connectivity index (χ1n) is 9.66. The average Bonchev–Trinajstić information content (AvgIpc) is 2.95. The number of fused-ring (bicyclic) bond motifs is 1. The standard InChI is InChI=1S/C22H29N3O3/c1-16-5-7-19(26-3)18(13-16)9-10-24-22(23-2)25-15-17-6-8-20-21(14-17)28-12-4-11-27-20/h5-8,13-14H,4,9-12,15H2,1-3H3,(H2,23,24,25). The maximum absolute atomic E-state index is 5.76. The van der Waals surface area contributed by atoms with Gasteiger partial charge >= 0.3 is 0 Å². The number of aliphatic imine (C=N–C) groups is 1. The van der Waals surface area contributed by atoms with Crippen molar-refractivity contribution in [2.75, 3.05) is 33.9 Å². The predicted molar refractivity (Wildman–Crippen MR) is 112 cm³/mol. The van der Waals surface area contributed by atoms with E-state index in [0.717, 1.165) is 48.2 Å². The number of methoxy groups -OCH3 is 1. The van der Waals surface area contributed by atoms with Gasteiger partial charge in [-0.3, -0.25) is 4.99 Å². The van der Waals surface area contributed by atoms with E-state index in [1.54, 1.807) is 14.2 Å². The van der Waals surface area contributed by atoms with Gasteiger partial charge in [0.15, 0.2) is 17.5 Å². The number of hydrogen-bond acceptors (Lipinski definition) is 4. The Morgan fingerprint density at radius 1 is 1.07 bits per heavy atom. The molecular formula is C22H29N3O3. The second-order valence-corrected chi connectivity index (χ2v) is 6.75. The summed E-state index contributed by atoms with van der Waals surface area (Å²) in [6, 6.07) is 12.3. The number of nitrogens with one attached hydrogen (secondary N) is 2. The Labute approximate surface area is 166 Å². The zero-order valence-corrected chi connectivity index (χ0v) is 16.9. The molecule has 1 aliphatic heterocycles. The lowest BCUT2D eigenvalue weighted by Gasteiger charge is -2.14. The molecule has 6 heteroatoms. The molecule has 0 unspecified atom stereocenters. The number of nitrogens with zero attached hydrogens (tertiary/aromatic N) is 1. The number of guanidine groups is 1. The minimum Gasteiger partial charge on any atom is -0.496 e. The van der Waals surface area contributed by atoms with E-state index in [9.17, 15) is 0 Å². The van der Waals surface area contributed by atoms with E-state index in [0.29, 0.717) is 19.8 Å². The second kappa shape index (κ2) is 9.88. The van der Waals surface area contributed by atoms with Gasteiger partial charge in [0.2, 0.25) is 0 Å². The third-order valence-corrected chi connectivity index (χ3v) is 4.62. The van der Waals surface area contributed by atoms with Crippen LogP contribution in [-0.2, 0) is 13.0 Å². The lowest BCUT2D eigenvalue weighted by molar-refractivity contribution is 0.297. The van der Waals surface area contributed by atoms with Crippen LogP contribution in [0.2, 0.25) is 0 Å². The minimum absolute atomic E-state index is 0.657. The highest BCUT2D eigenvalue weighted by Gasteiger charge is 2.11. The average molecular weight is 383 g/mol. The maximum atomic E-state index is 5.76. The Bertz CT molecular complexity index is 821. The highest BCUT2D eigenvalue weighted by atomic mass is 16.5. The van der Waals surface area contributed by atoms with Crippen molar-refractivity contribution in [3.05, 3.63) is 53.1 Å². The monoisotopic (exact) mass is 383 g/mol. The summed E-state index contributed by atoms with van der Waals surface area (Å²) in [6.07, 6.45) is 1.76. The molecule has 6 nitrogen and oxygen atoms in total. The number of ether oxygens (including phenoxy) is 3. The summed E-state index contributed by atoms with van der Waals surface area (Å²) in [7, 11) is 3.48. The molecule has 150 valence electrons. The van der Waals surface area contributed by atoms with Crippen molar-refractivity contribution in [3.63, 3.8) is 0 Å². The molecule has 1 heterocycles. The SMILES string of the molecule is CN=C(NCCc1cc(C)ccc1OC)NCc1ccc2c(c1)OCCCO2. The molecule has 3 rings (SSSR count). The zero-order valence-electron chi connectivity index (χ0n) is 16.9. The van der Waals surface area contributed by atoms with Crippen molar-refractivity contribution in [2.45, 2.75) is 26.3 Å². The molecule has 0 fully saturated rings. The molecule has 0 amide bonds. The van der Waals surface area contributed by atoms with Gasteiger partial charge in [-0.2, -0.15) is 0 Å². The molecule has 1 aliphatic rings. The molecule has 0 bridgehead atoms. The van der Waals surface area contributed by atoms with Gasteiger partial charge in [-0.15, -0.1) is 0 Å². The van der Waals surface area contributed by atoms with Crippen LogP contribution in [0, 0.1) is 6.92 Å². The van der Waals surface area contributed by atoms with Gasteiger partial charge < -0.3 is 24.8 Å². The van der Waals surface area contributed by atoms with Gasteiger partial charge in [-0.05, 0) is 42.7 Å². The van der Waals surface area contributed by atoms with E-state index in [4.69, 9.17) is 14.2 Å². The molecule has 0 atom stereocenters. The van der Waals surface area contributed by atoms with Crippen LogP contribution >= 0.6 is 0 Å². The fourth-order valence-electron chi connectivity index (χ4n) is 3.14. The molecule has 0 aliphatic carbocycles. The minimum atomic E-state index is 0.657. The summed E-state index contributed by atoms with van der Waals surface area (Å²) < 4.78 is 16.9. The van der Waals surface area contributed by atoms with Crippen LogP contribution in [0.15, 0.2) is 41.4 Å². The van der Waals surface area contributed by atoms with E-state index in [-0.39, 0.29) is 0 Å². The Morgan fingerprint density at radius 2 is 1.89 bits per heavy atom. The summed E-state index contributed by atoms with van der Waals surface area (Å²) in [5.41, 5.74) is 3.54. The molecule has 0 saturated heterocycles. The maximum Gasteiger partial charge on any atom is 0.191 e. The summed E-state index contributed by atoms with van der Waals surface area (Å²) in [6.45, 7) is 4.90. The molecule has 0 saturated carbocycles.